The zero-order valence-electron chi connectivity index (χ0n) is 13.4. The fraction of sp³-hybridized carbons (Fsp3) is 0.278. The zero-order chi connectivity index (χ0) is 16.8. The number of benzene rings is 2. The van der Waals surface area contributed by atoms with Crippen molar-refractivity contribution in [2.24, 2.45) is 0 Å². The van der Waals surface area contributed by atoms with Gasteiger partial charge >= 0.3 is 0 Å². The van der Waals surface area contributed by atoms with Crippen LogP contribution in [0.3, 0.4) is 0 Å². The Hall–Kier alpha value is -2.56. The van der Waals surface area contributed by atoms with E-state index in [1.807, 2.05) is 12.1 Å². The maximum Gasteiger partial charge on any atom is 0.227 e. The highest BCUT2D eigenvalue weighted by Gasteiger charge is 2.15. The van der Waals surface area contributed by atoms with Crippen LogP contribution in [0.15, 0.2) is 42.5 Å². The number of hydrogen-bond acceptors (Lipinski definition) is 3. The van der Waals surface area contributed by atoms with Gasteiger partial charge in [0.15, 0.2) is 11.5 Å². The van der Waals surface area contributed by atoms with Gasteiger partial charge in [0.2, 0.25) is 5.91 Å². The average molecular weight is 317 g/mol. The van der Waals surface area contributed by atoms with Crippen LogP contribution in [0.5, 0.6) is 11.5 Å². The smallest absolute Gasteiger partial charge is 0.227 e. The van der Waals surface area contributed by atoms with Crippen LogP contribution in [0.25, 0.3) is 0 Å². The molecule has 0 bridgehead atoms. The lowest BCUT2D eigenvalue weighted by Crippen LogP contribution is -2.27. The van der Waals surface area contributed by atoms with E-state index in [2.05, 4.69) is 5.32 Å². The first-order chi connectivity index (χ1) is 11.0. The number of carbonyl (C=O) groups is 1. The third-order valence-corrected chi connectivity index (χ3v) is 3.68. The van der Waals surface area contributed by atoms with E-state index in [0.29, 0.717) is 18.0 Å². The number of hydrogen-bond donors (Lipinski definition) is 1. The molecule has 0 unspecified atom stereocenters. The van der Waals surface area contributed by atoms with Crippen LogP contribution in [-0.2, 0) is 11.3 Å². The van der Waals surface area contributed by atoms with E-state index in [0.717, 1.165) is 11.1 Å². The first kappa shape index (κ1) is 16.8. The van der Waals surface area contributed by atoms with E-state index in [-0.39, 0.29) is 17.6 Å². The van der Waals surface area contributed by atoms with Gasteiger partial charge in [0.1, 0.15) is 5.82 Å². The number of rotatable bonds is 6. The van der Waals surface area contributed by atoms with Crippen LogP contribution in [0, 0.1) is 5.82 Å². The van der Waals surface area contributed by atoms with Gasteiger partial charge < -0.3 is 14.8 Å². The summed E-state index contributed by atoms with van der Waals surface area (Å²) in [4.78, 5) is 12.2. The van der Waals surface area contributed by atoms with Crippen LogP contribution in [-0.4, -0.2) is 20.1 Å². The molecule has 5 heteroatoms. The summed E-state index contributed by atoms with van der Waals surface area (Å²) in [7, 11) is 3.14. The number of amides is 1. The summed E-state index contributed by atoms with van der Waals surface area (Å²) in [6.07, 6.45) is 0. The minimum Gasteiger partial charge on any atom is -0.493 e. The minimum absolute atomic E-state index is 0.119. The van der Waals surface area contributed by atoms with Crippen LogP contribution in [0.1, 0.15) is 24.0 Å². The summed E-state index contributed by atoms with van der Waals surface area (Å²) in [6.45, 7) is 2.17. The van der Waals surface area contributed by atoms with Crippen molar-refractivity contribution in [2.45, 2.75) is 19.4 Å². The lowest BCUT2D eigenvalue weighted by molar-refractivity contribution is -0.122. The molecule has 0 fully saturated rings. The number of ether oxygens (including phenoxy) is 2. The van der Waals surface area contributed by atoms with E-state index < -0.39 is 0 Å². The summed E-state index contributed by atoms with van der Waals surface area (Å²) >= 11 is 0. The van der Waals surface area contributed by atoms with Gasteiger partial charge in [-0.2, -0.15) is 0 Å². The number of halogens is 1. The molecule has 4 nitrogen and oxygen atoms in total. The fourth-order valence-electron chi connectivity index (χ4n) is 2.24. The van der Waals surface area contributed by atoms with Crippen molar-refractivity contribution in [1.29, 1.82) is 0 Å². The van der Waals surface area contributed by atoms with Gasteiger partial charge in [-0.25, -0.2) is 4.39 Å². The van der Waals surface area contributed by atoms with E-state index in [9.17, 15) is 9.18 Å². The number of nitrogens with one attached hydrogen (secondary N) is 1. The van der Waals surface area contributed by atoms with Gasteiger partial charge in [-0.1, -0.05) is 18.2 Å². The lowest BCUT2D eigenvalue weighted by Gasteiger charge is -2.14. The second-order valence-electron chi connectivity index (χ2n) is 5.18. The normalized spacial score (nSPS) is 11.7. The standard InChI is InChI=1S/C18H20FNO3/c1-12(14-5-7-15(19)8-6-14)18(21)20-11-13-4-9-16(22-2)17(10-13)23-3/h4-10,12H,11H2,1-3H3,(H,20,21)/t12-/m0/s1. The first-order valence-corrected chi connectivity index (χ1v) is 7.29. The maximum atomic E-state index is 12.9. The Bertz CT molecular complexity index is 670. The Morgan fingerprint density at radius 3 is 2.35 bits per heavy atom. The molecule has 0 aliphatic carbocycles. The molecule has 122 valence electrons. The predicted octanol–water partition coefficient (Wildman–Crippen LogP) is 3.26. The molecular weight excluding hydrogens is 297 g/mol. The van der Waals surface area contributed by atoms with Crippen LogP contribution < -0.4 is 14.8 Å². The van der Waals surface area contributed by atoms with E-state index in [1.165, 1.54) is 12.1 Å². The summed E-state index contributed by atoms with van der Waals surface area (Å²) in [5.41, 5.74) is 1.68. The van der Waals surface area contributed by atoms with Gasteiger partial charge in [0, 0.05) is 6.54 Å². The molecule has 0 spiro atoms. The van der Waals surface area contributed by atoms with Crippen LogP contribution in [0.4, 0.5) is 4.39 Å². The highest BCUT2D eigenvalue weighted by atomic mass is 19.1. The molecule has 0 aromatic heterocycles. The zero-order valence-corrected chi connectivity index (χ0v) is 13.4. The molecule has 2 aromatic carbocycles. The summed E-state index contributed by atoms with van der Waals surface area (Å²) < 4.78 is 23.3. The molecule has 1 N–H and O–H groups in total. The highest BCUT2D eigenvalue weighted by molar-refractivity contribution is 5.83. The Kier molecular flexibility index (Phi) is 5.57. The molecule has 0 radical (unpaired) electrons. The van der Waals surface area contributed by atoms with Crippen molar-refractivity contribution in [1.82, 2.24) is 5.32 Å². The second kappa shape index (κ2) is 7.63. The van der Waals surface area contributed by atoms with Gasteiger partial charge in [0.25, 0.3) is 0 Å². The number of carbonyl (C=O) groups excluding carboxylic acids is 1. The molecule has 0 heterocycles. The van der Waals surface area contributed by atoms with E-state index >= 15 is 0 Å². The molecule has 0 aliphatic heterocycles. The first-order valence-electron chi connectivity index (χ1n) is 7.29. The van der Waals surface area contributed by atoms with Crippen molar-refractivity contribution in [3.8, 4) is 11.5 Å². The minimum atomic E-state index is -0.351. The fourth-order valence-corrected chi connectivity index (χ4v) is 2.24. The van der Waals surface area contributed by atoms with Crippen LogP contribution in [0.2, 0.25) is 0 Å². The van der Waals surface area contributed by atoms with Crippen molar-refractivity contribution in [3.05, 3.63) is 59.4 Å². The molecule has 1 amide bonds. The maximum absolute atomic E-state index is 12.9. The molecule has 23 heavy (non-hydrogen) atoms. The Morgan fingerprint density at radius 1 is 1.09 bits per heavy atom. The van der Waals surface area contributed by atoms with Crippen molar-refractivity contribution >= 4 is 5.91 Å². The van der Waals surface area contributed by atoms with Crippen LogP contribution >= 0.6 is 0 Å². The summed E-state index contributed by atoms with van der Waals surface area (Å²) in [5, 5.41) is 2.87. The average Bonchev–Trinajstić information content (AvgIpc) is 2.59. The summed E-state index contributed by atoms with van der Waals surface area (Å²) in [6, 6.07) is 11.4. The van der Waals surface area contributed by atoms with Gasteiger partial charge in [-0.05, 0) is 42.3 Å². The Labute approximate surface area is 135 Å². The molecule has 0 saturated heterocycles. The van der Waals surface area contributed by atoms with Gasteiger partial charge in [-0.3, -0.25) is 4.79 Å². The van der Waals surface area contributed by atoms with Gasteiger partial charge in [-0.15, -0.1) is 0 Å². The lowest BCUT2D eigenvalue weighted by atomic mass is 10.0. The largest absolute Gasteiger partial charge is 0.493 e. The van der Waals surface area contributed by atoms with Gasteiger partial charge in [0.05, 0.1) is 20.1 Å². The third kappa shape index (κ3) is 4.22. The van der Waals surface area contributed by atoms with E-state index in [4.69, 9.17) is 9.47 Å². The molecule has 2 rings (SSSR count). The third-order valence-electron chi connectivity index (χ3n) is 3.68. The number of methoxy groups -OCH3 is 2. The Balaban J connectivity index is 1.99. The quantitative estimate of drug-likeness (QED) is 0.889. The molecular formula is C18H20FNO3. The molecule has 1 atom stereocenters. The van der Waals surface area contributed by atoms with Crippen molar-refractivity contribution < 1.29 is 18.7 Å². The summed E-state index contributed by atoms with van der Waals surface area (Å²) in [5.74, 6) is 0.474. The molecule has 0 saturated carbocycles. The molecule has 0 aliphatic rings. The Morgan fingerprint density at radius 2 is 1.74 bits per heavy atom. The SMILES string of the molecule is COc1ccc(CNC(=O)[C@@H](C)c2ccc(F)cc2)cc1OC. The topological polar surface area (TPSA) is 47.6 Å². The van der Waals surface area contributed by atoms with Crippen molar-refractivity contribution in [3.63, 3.8) is 0 Å². The van der Waals surface area contributed by atoms with Crippen molar-refractivity contribution in [2.75, 3.05) is 14.2 Å². The highest BCUT2D eigenvalue weighted by Crippen LogP contribution is 2.27. The molecule has 2 aromatic rings. The second-order valence-corrected chi connectivity index (χ2v) is 5.18. The predicted molar refractivity (Wildman–Crippen MR) is 86.2 cm³/mol. The monoisotopic (exact) mass is 317 g/mol. The van der Waals surface area contributed by atoms with E-state index in [1.54, 1.807) is 39.3 Å².